The third-order valence-electron chi connectivity index (χ3n) is 4.23. The summed E-state index contributed by atoms with van der Waals surface area (Å²) >= 11 is 0. The lowest BCUT2D eigenvalue weighted by Gasteiger charge is -2.27. The number of nitrogens with one attached hydrogen (secondary N) is 1. The number of rotatable bonds is 4. The zero-order valence-corrected chi connectivity index (χ0v) is 13.3. The average molecular weight is 293 g/mol. The predicted octanol–water partition coefficient (Wildman–Crippen LogP) is 2.17. The van der Waals surface area contributed by atoms with Gasteiger partial charge in [-0.3, -0.25) is 9.48 Å². The molecule has 0 spiro atoms. The number of nitrogens with zero attached hydrogens (tertiary/aromatic N) is 2. The van der Waals surface area contributed by atoms with Crippen LogP contribution < -0.4 is 5.32 Å². The fraction of sp³-hybridized carbons (Fsp3) is 0.750. The van der Waals surface area contributed by atoms with Gasteiger partial charge in [-0.2, -0.15) is 5.10 Å². The Balaban J connectivity index is 1.86. The molecule has 0 aromatic carbocycles. The molecule has 2 N–H and O–H groups in total. The molecule has 1 aliphatic carbocycles. The summed E-state index contributed by atoms with van der Waals surface area (Å²) in [6.45, 7) is 7.12. The highest BCUT2D eigenvalue weighted by atomic mass is 16.3. The van der Waals surface area contributed by atoms with Gasteiger partial charge in [0.15, 0.2) is 0 Å². The Hall–Kier alpha value is -1.36. The van der Waals surface area contributed by atoms with Gasteiger partial charge < -0.3 is 10.4 Å². The first-order chi connectivity index (χ1) is 9.90. The van der Waals surface area contributed by atoms with Crippen molar-refractivity contribution in [1.29, 1.82) is 0 Å². The van der Waals surface area contributed by atoms with Crippen molar-refractivity contribution in [3.8, 4) is 0 Å². The van der Waals surface area contributed by atoms with Crippen molar-refractivity contribution in [3.05, 3.63) is 18.0 Å². The highest BCUT2D eigenvalue weighted by Gasteiger charge is 2.22. The van der Waals surface area contributed by atoms with Gasteiger partial charge >= 0.3 is 0 Å². The molecule has 0 saturated heterocycles. The Morgan fingerprint density at radius 1 is 1.43 bits per heavy atom. The molecule has 0 radical (unpaired) electrons. The summed E-state index contributed by atoms with van der Waals surface area (Å²) in [7, 11) is 0. The Morgan fingerprint density at radius 2 is 2.14 bits per heavy atom. The Labute approximate surface area is 126 Å². The van der Waals surface area contributed by atoms with Crippen molar-refractivity contribution in [2.24, 2.45) is 11.8 Å². The molecule has 1 heterocycles. The molecule has 1 aromatic rings. The molecule has 1 aliphatic rings. The molecule has 5 heteroatoms. The minimum Gasteiger partial charge on any atom is -0.396 e. The van der Waals surface area contributed by atoms with Crippen LogP contribution in [0.4, 0.5) is 0 Å². The molecule has 21 heavy (non-hydrogen) atoms. The number of carbonyl (C=O) groups is 1. The fourth-order valence-corrected chi connectivity index (χ4v) is 2.90. The van der Waals surface area contributed by atoms with Crippen LogP contribution in [-0.2, 0) is 5.54 Å². The van der Waals surface area contributed by atoms with Gasteiger partial charge in [0, 0.05) is 19.3 Å². The normalized spacial score (nSPS) is 23.0. The third kappa shape index (κ3) is 4.30. The molecule has 2 rings (SSSR count). The molecule has 0 unspecified atom stereocenters. The third-order valence-corrected chi connectivity index (χ3v) is 4.23. The van der Waals surface area contributed by atoms with Crippen molar-refractivity contribution >= 4 is 5.91 Å². The van der Waals surface area contributed by atoms with Crippen LogP contribution in [0.15, 0.2) is 12.4 Å². The van der Waals surface area contributed by atoms with Gasteiger partial charge in [0.1, 0.15) is 0 Å². The first kappa shape index (κ1) is 16.0. The van der Waals surface area contributed by atoms with Crippen LogP contribution in [0.5, 0.6) is 0 Å². The number of aliphatic hydroxyl groups is 1. The molecule has 0 aliphatic heterocycles. The standard InChI is InChI=1S/C16H27N3O2/c1-16(2,3)19-10-14(9-18-19)15(21)17-8-12-5-4-6-13(7-12)11-20/h9-10,12-13,20H,4-8,11H2,1-3H3,(H,17,21)/t12-,13+/m0/s1. The summed E-state index contributed by atoms with van der Waals surface area (Å²) in [5.41, 5.74) is 0.496. The first-order valence-electron chi connectivity index (χ1n) is 7.84. The van der Waals surface area contributed by atoms with E-state index in [2.05, 4.69) is 31.2 Å². The summed E-state index contributed by atoms with van der Waals surface area (Å²) in [5.74, 6) is 0.832. The Kier molecular flexibility index (Phi) is 5.04. The SMILES string of the molecule is CC(C)(C)n1cc(C(=O)NC[C@H]2CCC[C@@H](CO)C2)cn1. The second-order valence-electron chi connectivity index (χ2n) is 7.14. The number of aliphatic hydroxyl groups excluding tert-OH is 1. The Bertz CT molecular complexity index is 476. The number of carbonyl (C=O) groups excluding carboxylic acids is 1. The van der Waals surface area contributed by atoms with E-state index in [1.54, 1.807) is 12.4 Å². The van der Waals surface area contributed by atoms with Crippen LogP contribution in [0.1, 0.15) is 56.8 Å². The number of hydrogen-bond donors (Lipinski definition) is 2. The lowest BCUT2D eigenvalue weighted by atomic mass is 9.82. The second kappa shape index (κ2) is 6.60. The minimum atomic E-state index is -0.115. The molecule has 1 amide bonds. The summed E-state index contributed by atoms with van der Waals surface area (Å²) in [4.78, 5) is 12.2. The monoisotopic (exact) mass is 293 g/mol. The van der Waals surface area contributed by atoms with E-state index in [9.17, 15) is 9.90 Å². The van der Waals surface area contributed by atoms with E-state index < -0.39 is 0 Å². The molecule has 2 atom stereocenters. The van der Waals surface area contributed by atoms with E-state index in [4.69, 9.17) is 0 Å². The van der Waals surface area contributed by atoms with Crippen molar-refractivity contribution in [3.63, 3.8) is 0 Å². The van der Waals surface area contributed by atoms with Crippen molar-refractivity contribution in [1.82, 2.24) is 15.1 Å². The largest absolute Gasteiger partial charge is 0.396 e. The molecule has 1 saturated carbocycles. The van der Waals surface area contributed by atoms with E-state index in [-0.39, 0.29) is 18.1 Å². The molecule has 0 bridgehead atoms. The van der Waals surface area contributed by atoms with E-state index in [0.29, 0.717) is 23.9 Å². The quantitative estimate of drug-likeness (QED) is 0.894. The van der Waals surface area contributed by atoms with Crippen LogP contribution in [0, 0.1) is 11.8 Å². The van der Waals surface area contributed by atoms with E-state index in [1.165, 1.54) is 0 Å². The minimum absolute atomic E-state index is 0.0587. The van der Waals surface area contributed by atoms with Crippen LogP contribution in [0.2, 0.25) is 0 Å². The highest BCUT2D eigenvalue weighted by molar-refractivity contribution is 5.93. The highest BCUT2D eigenvalue weighted by Crippen LogP contribution is 2.28. The van der Waals surface area contributed by atoms with Gasteiger partial charge in [0.05, 0.1) is 17.3 Å². The molecular weight excluding hydrogens is 266 g/mol. The van der Waals surface area contributed by atoms with Crippen molar-refractivity contribution in [2.75, 3.05) is 13.2 Å². The van der Waals surface area contributed by atoms with Gasteiger partial charge in [0.2, 0.25) is 0 Å². The van der Waals surface area contributed by atoms with Gasteiger partial charge in [-0.15, -0.1) is 0 Å². The van der Waals surface area contributed by atoms with E-state index in [1.807, 2.05) is 4.68 Å². The summed E-state index contributed by atoms with van der Waals surface area (Å²) in [6, 6.07) is 0. The molecule has 1 aromatic heterocycles. The average Bonchev–Trinajstić information content (AvgIpc) is 2.95. The van der Waals surface area contributed by atoms with Gasteiger partial charge in [-0.1, -0.05) is 6.42 Å². The van der Waals surface area contributed by atoms with Gasteiger partial charge in [-0.25, -0.2) is 0 Å². The number of hydrogen-bond acceptors (Lipinski definition) is 3. The van der Waals surface area contributed by atoms with Crippen LogP contribution in [-0.4, -0.2) is 33.9 Å². The smallest absolute Gasteiger partial charge is 0.254 e. The van der Waals surface area contributed by atoms with Crippen LogP contribution in [0.25, 0.3) is 0 Å². The maximum Gasteiger partial charge on any atom is 0.254 e. The molecule has 1 fully saturated rings. The van der Waals surface area contributed by atoms with Crippen molar-refractivity contribution < 1.29 is 9.90 Å². The van der Waals surface area contributed by atoms with Crippen molar-refractivity contribution in [2.45, 2.75) is 52.0 Å². The summed E-state index contributed by atoms with van der Waals surface area (Å²) in [5, 5.41) is 16.5. The first-order valence-corrected chi connectivity index (χ1v) is 7.84. The number of amides is 1. The maximum atomic E-state index is 12.2. The fourth-order valence-electron chi connectivity index (χ4n) is 2.90. The van der Waals surface area contributed by atoms with Gasteiger partial charge in [-0.05, 0) is 51.9 Å². The molecular formula is C16H27N3O2. The zero-order valence-electron chi connectivity index (χ0n) is 13.3. The lowest BCUT2D eigenvalue weighted by molar-refractivity contribution is 0.0934. The number of aromatic nitrogens is 2. The lowest BCUT2D eigenvalue weighted by Crippen LogP contribution is -2.32. The molecule has 5 nitrogen and oxygen atoms in total. The molecule has 118 valence electrons. The van der Waals surface area contributed by atoms with Gasteiger partial charge in [0.25, 0.3) is 5.91 Å². The topological polar surface area (TPSA) is 67.2 Å². The predicted molar refractivity (Wildman–Crippen MR) is 82.1 cm³/mol. The summed E-state index contributed by atoms with van der Waals surface area (Å²) < 4.78 is 1.81. The zero-order chi connectivity index (χ0) is 15.5. The van der Waals surface area contributed by atoms with Crippen LogP contribution >= 0.6 is 0 Å². The Morgan fingerprint density at radius 3 is 2.76 bits per heavy atom. The summed E-state index contributed by atoms with van der Waals surface area (Å²) in [6.07, 6.45) is 7.83. The second-order valence-corrected chi connectivity index (χ2v) is 7.14. The maximum absolute atomic E-state index is 12.2. The van der Waals surface area contributed by atoms with Crippen LogP contribution in [0.3, 0.4) is 0 Å². The van der Waals surface area contributed by atoms with E-state index >= 15 is 0 Å². The van der Waals surface area contributed by atoms with E-state index in [0.717, 1.165) is 25.7 Å².